The first-order valence-electron chi connectivity index (χ1n) is 7.81. The van der Waals surface area contributed by atoms with E-state index in [1.807, 2.05) is 26.0 Å². The van der Waals surface area contributed by atoms with Crippen LogP contribution in [0.5, 0.6) is 0 Å². The van der Waals surface area contributed by atoms with Crippen LogP contribution >= 0.6 is 11.8 Å². The lowest BCUT2D eigenvalue weighted by molar-refractivity contribution is -0.121. The minimum Gasteiger partial charge on any atom is -0.459 e. The molecule has 2 amide bonds. The van der Waals surface area contributed by atoms with Gasteiger partial charge in [-0.2, -0.15) is 0 Å². The third-order valence-electron chi connectivity index (χ3n) is 3.83. The molecule has 3 rings (SSSR count). The lowest BCUT2D eigenvalue weighted by atomic mass is 10.0. The summed E-state index contributed by atoms with van der Waals surface area (Å²) in [7, 11) is 0. The zero-order chi connectivity index (χ0) is 17.1. The van der Waals surface area contributed by atoms with Crippen molar-refractivity contribution in [1.29, 1.82) is 0 Å². The number of amides is 2. The number of hydrogen-bond acceptors (Lipinski definition) is 5. The molecule has 1 aliphatic heterocycles. The van der Waals surface area contributed by atoms with Crippen LogP contribution in [0.2, 0.25) is 0 Å². The van der Waals surface area contributed by atoms with Gasteiger partial charge in [0.2, 0.25) is 5.91 Å². The summed E-state index contributed by atoms with van der Waals surface area (Å²) >= 11 is 1.63. The molecule has 7 heteroatoms. The van der Waals surface area contributed by atoms with Crippen LogP contribution in [0.1, 0.15) is 24.4 Å². The summed E-state index contributed by atoms with van der Waals surface area (Å²) in [5.74, 6) is 0.423. The van der Waals surface area contributed by atoms with E-state index in [4.69, 9.17) is 4.42 Å². The number of nitrogens with one attached hydrogen (secondary N) is 1. The third-order valence-corrected chi connectivity index (χ3v) is 4.80. The van der Waals surface area contributed by atoms with Crippen LogP contribution in [0.25, 0.3) is 0 Å². The zero-order valence-electron chi connectivity index (χ0n) is 13.6. The van der Waals surface area contributed by atoms with Crippen LogP contribution in [0.4, 0.5) is 5.69 Å². The molecule has 0 bridgehead atoms. The standard InChI is InChI=1S/C17H19N3O3S/c1-11(2)14(19-15(21)13-6-4-9-23-13)17(22)20-8-10-24-16-12(20)5-3-7-18-16/h3-7,9,11,14H,8,10H2,1-2H3,(H,19,21). The molecule has 2 aromatic heterocycles. The number of nitrogens with zero attached hydrogens (tertiary/aromatic N) is 2. The number of carbonyl (C=O) groups excluding carboxylic acids is 2. The molecule has 0 saturated carbocycles. The number of aromatic nitrogens is 1. The Morgan fingerprint density at radius 2 is 2.17 bits per heavy atom. The van der Waals surface area contributed by atoms with Crippen molar-refractivity contribution in [3.63, 3.8) is 0 Å². The van der Waals surface area contributed by atoms with E-state index in [1.165, 1.54) is 6.26 Å². The molecule has 2 aromatic rings. The van der Waals surface area contributed by atoms with Crippen LogP contribution in [-0.4, -0.2) is 35.1 Å². The van der Waals surface area contributed by atoms with Gasteiger partial charge in [0.1, 0.15) is 11.1 Å². The first-order valence-corrected chi connectivity index (χ1v) is 8.80. The van der Waals surface area contributed by atoms with Gasteiger partial charge >= 0.3 is 0 Å². The number of rotatable bonds is 4. The molecule has 0 saturated heterocycles. The van der Waals surface area contributed by atoms with Crippen molar-refractivity contribution in [2.75, 3.05) is 17.2 Å². The highest BCUT2D eigenvalue weighted by Gasteiger charge is 2.32. The van der Waals surface area contributed by atoms with Crippen LogP contribution in [-0.2, 0) is 4.79 Å². The van der Waals surface area contributed by atoms with Crippen molar-refractivity contribution in [3.8, 4) is 0 Å². The number of furan rings is 1. The Morgan fingerprint density at radius 3 is 2.88 bits per heavy atom. The Balaban J connectivity index is 1.82. The van der Waals surface area contributed by atoms with E-state index in [0.717, 1.165) is 16.5 Å². The number of hydrogen-bond donors (Lipinski definition) is 1. The predicted octanol–water partition coefficient (Wildman–Crippen LogP) is 2.57. The quantitative estimate of drug-likeness (QED) is 0.922. The highest BCUT2D eigenvalue weighted by molar-refractivity contribution is 7.99. The summed E-state index contributed by atoms with van der Waals surface area (Å²) in [4.78, 5) is 31.4. The van der Waals surface area contributed by atoms with E-state index in [9.17, 15) is 9.59 Å². The smallest absolute Gasteiger partial charge is 0.287 e. The molecule has 126 valence electrons. The van der Waals surface area contributed by atoms with E-state index in [-0.39, 0.29) is 23.5 Å². The Labute approximate surface area is 144 Å². The average Bonchev–Trinajstić information content (AvgIpc) is 3.13. The molecule has 0 fully saturated rings. The zero-order valence-corrected chi connectivity index (χ0v) is 14.4. The van der Waals surface area contributed by atoms with Gasteiger partial charge in [0.25, 0.3) is 5.91 Å². The SMILES string of the molecule is CC(C)C(NC(=O)c1ccco1)C(=O)N1CCSc2ncccc21. The van der Waals surface area contributed by atoms with Crippen molar-refractivity contribution in [2.45, 2.75) is 24.9 Å². The summed E-state index contributed by atoms with van der Waals surface area (Å²) in [6.07, 6.45) is 3.16. The van der Waals surface area contributed by atoms with Crippen molar-refractivity contribution in [3.05, 3.63) is 42.5 Å². The summed E-state index contributed by atoms with van der Waals surface area (Å²) in [5, 5.41) is 3.64. The number of thioether (sulfide) groups is 1. The molecule has 0 aromatic carbocycles. The van der Waals surface area contributed by atoms with E-state index in [0.29, 0.717) is 6.54 Å². The van der Waals surface area contributed by atoms with Crippen LogP contribution in [0.15, 0.2) is 46.2 Å². The molecule has 0 radical (unpaired) electrons. The van der Waals surface area contributed by atoms with Crippen LogP contribution < -0.4 is 10.2 Å². The molecule has 24 heavy (non-hydrogen) atoms. The van der Waals surface area contributed by atoms with Gasteiger partial charge in [-0.1, -0.05) is 13.8 Å². The van der Waals surface area contributed by atoms with Gasteiger partial charge in [0.15, 0.2) is 5.76 Å². The monoisotopic (exact) mass is 345 g/mol. The second-order valence-electron chi connectivity index (χ2n) is 5.84. The van der Waals surface area contributed by atoms with Crippen molar-refractivity contribution < 1.29 is 14.0 Å². The van der Waals surface area contributed by atoms with Crippen molar-refractivity contribution in [2.24, 2.45) is 5.92 Å². The Hall–Kier alpha value is -2.28. The molecular weight excluding hydrogens is 326 g/mol. The lowest BCUT2D eigenvalue weighted by Crippen LogP contribution is -2.52. The highest BCUT2D eigenvalue weighted by Crippen LogP contribution is 2.33. The van der Waals surface area contributed by atoms with Gasteiger partial charge < -0.3 is 14.6 Å². The maximum Gasteiger partial charge on any atom is 0.287 e. The van der Waals surface area contributed by atoms with Gasteiger partial charge in [-0.3, -0.25) is 9.59 Å². The number of anilines is 1. The largest absolute Gasteiger partial charge is 0.459 e. The average molecular weight is 345 g/mol. The third kappa shape index (κ3) is 3.31. The molecule has 1 atom stereocenters. The van der Waals surface area contributed by atoms with E-state index in [1.54, 1.807) is 35.0 Å². The molecule has 1 aliphatic rings. The second-order valence-corrected chi connectivity index (χ2v) is 6.92. The first kappa shape index (κ1) is 16.6. The number of carbonyl (C=O) groups is 2. The fourth-order valence-electron chi connectivity index (χ4n) is 2.58. The molecule has 0 spiro atoms. The Morgan fingerprint density at radius 1 is 1.33 bits per heavy atom. The minimum atomic E-state index is -0.626. The number of pyridine rings is 1. The van der Waals surface area contributed by atoms with Crippen LogP contribution in [0, 0.1) is 5.92 Å². The number of fused-ring (bicyclic) bond motifs is 1. The van der Waals surface area contributed by atoms with E-state index in [2.05, 4.69) is 10.3 Å². The van der Waals surface area contributed by atoms with Gasteiger partial charge in [-0.15, -0.1) is 11.8 Å². The molecule has 6 nitrogen and oxygen atoms in total. The van der Waals surface area contributed by atoms with Crippen LogP contribution in [0.3, 0.4) is 0 Å². The second kappa shape index (κ2) is 7.09. The van der Waals surface area contributed by atoms with Gasteiger partial charge in [-0.25, -0.2) is 4.98 Å². The summed E-state index contributed by atoms with van der Waals surface area (Å²) in [6, 6.07) is 6.30. The Bertz CT molecular complexity index is 730. The van der Waals surface area contributed by atoms with Gasteiger partial charge in [0, 0.05) is 18.5 Å². The summed E-state index contributed by atoms with van der Waals surface area (Å²) in [6.45, 7) is 4.42. The minimum absolute atomic E-state index is 0.0499. The fourth-order valence-corrected chi connectivity index (χ4v) is 3.51. The maximum absolute atomic E-state index is 13.1. The lowest BCUT2D eigenvalue weighted by Gasteiger charge is -2.32. The highest BCUT2D eigenvalue weighted by atomic mass is 32.2. The van der Waals surface area contributed by atoms with E-state index >= 15 is 0 Å². The fraction of sp³-hybridized carbons (Fsp3) is 0.353. The van der Waals surface area contributed by atoms with Crippen molar-refractivity contribution >= 4 is 29.3 Å². The molecule has 1 unspecified atom stereocenters. The summed E-state index contributed by atoms with van der Waals surface area (Å²) in [5.41, 5.74) is 0.802. The van der Waals surface area contributed by atoms with E-state index < -0.39 is 6.04 Å². The molecule has 3 heterocycles. The maximum atomic E-state index is 13.1. The molecule has 0 aliphatic carbocycles. The topological polar surface area (TPSA) is 75.4 Å². The predicted molar refractivity (Wildman–Crippen MR) is 92.1 cm³/mol. The van der Waals surface area contributed by atoms with Gasteiger partial charge in [0.05, 0.1) is 12.0 Å². The molecule has 1 N–H and O–H groups in total. The first-order chi connectivity index (χ1) is 11.6. The molecular formula is C17H19N3O3S. The van der Waals surface area contributed by atoms with Gasteiger partial charge in [-0.05, 0) is 30.2 Å². The van der Waals surface area contributed by atoms with Crippen molar-refractivity contribution in [1.82, 2.24) is 10.3 Å². The Kier molecular flexibility index (Phi) is 4.89. The normalized spacial score (nSPS) is 15.0. The summed E-state index contributed by atoms with van der Waals surface area (Å²) < 4.78 is 5.11.